The maximum atomic E-state index is 12.7. The normalized spacial score (nSPS) is 11.3. The minimum atomic E-state index is -1.04. The number of benzene rings is 1. The van der Waals surface area contributed by atoms with E-state index in [2.05, 4.69) is 4.98 Å². The van der Waals surface area contributed by atoms with Crippen molar-refractivity contribution in [3.05, 3.63) is 57.0 Å². The first-order valence-corrected chi connectivity index (χ1v) is 9.16. The molecule has 1 N–H and O–H groups in total. The number of fused-ring (bicyclic) bond motifs is 1. The summed E-state index contributed by atoms with van der Waals surface area (Å²) in [5.74, 6) is -0.112. The maximum absolute atomic E-state index is 12.7. The molecule has 0 aliphatic rings. The van der Waals surface area contributed by atoms with Crippen molar-refractivity contribution in [3.63, 3.8) is 0 Å². The van der Waals surface area contributed by atoms with Crippen LogP contribution in [0.15, 0.2) is 40.2 Å². The fourth-order valence-electron chi connectivity index (χ4n) is 3.07. The van der Waals surface area contributed by atoms with E-state index < -0.39 is 11.7 Å². The van der Waals surface area contributed by atoms with Gasteiger partial charge in [-0.25, -0.2) is 14.6 Å². The summed E-state index contributed by atoms with van der Waals surface area (Å²) in [6.45, 7) is 0.439. The lowest BCUT2D eigenvalue weighted by Crippen LogP contribution is -2.39. The Labute approximate surface area is 171 Å². The van der Waals surface area contributed by atoms with Gasteiger partial charge in [-0.1, -0.05) is 6.07 Å². The summed E-state index contributed by atoms with van der Waals surface area (Å²) in [5, 5.41) is 8.72. The fraction of sp³-hybridized carbons (Fsp3) is 0.300. The molecule has 0 fully saturated rings. The Morgan fingerprint density at radius 1 is 1.23 bits per heavy atom. The molecule has 0 amide bonds. The molecule has 3 rings (SSSR count). The predicted molar refractivity (Wildman–Crippen MR) is 110 cm³/mol. The van der Waals surface area contributed by atoms with E-state index in [0.29, 0.717) is 34.6 Å². The van der Waals surface area contributed by atoms with Gasteiger partial charge in [-0.05, 0) is 30.2 Å². The van der Waals surface area contributed by atoms with E-state index in [0.717, 1.165) is 6.08 Å². The summed E-state index contributed by atoms with van der Waals surface area (Å²) < 4.78 is 15.1. The van der Waals surface area contributed by atoms with Gasteiger partial charge in [-0.15, -0.1) is 0 Å². The van der Waals surface area contributed by atoms with Gasteiger partial charge in [-0.3, -0.25) is 13.9 Å². The largest absolute Gasteiger partial charge is 0.493 e. The molecule has 0 aliphatic heterocycles. The van der Waals surface area contributed by atoms with Crippen molar-refractivity contribution < 1.29 is 19.4 Å². The summed E-state index contributed by atoms with van der Waals surface area (Å²) >= 11 is 0. The average Bonchev–Trinajstić information content (AvgIpc) is 3.12. The highest BCUT2D eigenvalue weighted by atomic mass is 16.5. The molecule has 0 bridgehead atoms. The monoisotopic (exact) mass is 414 g/mol. The average molecular weight is 414 g/mol. The van der Waals surface area contributed by atoms with Crippen LogP contribution in [-0.2, 0) is 25.4 Å². The molecule has 0 aliphatic carbocycles. The highest BCUT2D eigenvalue weighted by Crippen LogP contribution is 2.28. The third-order valence-electron chi connectivity index (χ3n) is 4.59. The topological polar surface area (TPSA) is 118 Å². The molecule has 10 heteroatoms. The van der Waals surface area contributed by atoms with Crippen LogP contribution in [0.3, 0.4) is 0 Å². The quantitative estimate of drug-likeness (QED) is 0.432. The highest BCUT2D eigenvalue weighted by Gasteiger charge is 2.14. The van der Waals surface area contributed by atoms with Crippen molar-refractivity contribution in [2.45, 2.75) is 13.0 Å². The molecule has 0 atom stereocenters. The van der Waals surface area contributed by atoms with Crippen LogP contribution in [0, 0.1) is 0 Å². The van der Waals surface area contributed by atoms with Gasteiger partial charge < -0.3 is 19.1 Å². The Bertz CT molecular complexity index is 1230. The van der Waals surface area contributed by atoms with Crippen molar-refractivity contribution in [3.8, 4) is 11.5 Å². The summed E-state index contributed by atoms with van der Waals surface area (Å²) in [6, 6.07) is 5.03. The van der Waals surface area contributed by atoms with Crippen molar-refractivity contribution in [1.29, 1.82) is 0 Å². The third-order valence-corrected chi connectivity index (χ3v) is 4.59. The van der Waals surface area contributed by atoms with Gasteiger partial charge in [0.15, 0.2) is 22.7 Å². The number of aryl methyl sites for hydroxylation is 2. The van der Waals surface area contributed by atoms with E-state index in [1.54, 1.807) is 36.9 Å². The Kier molecular flexibility index (Phi) is 6.05. The molecule has 2 heterocycles. The lowest BCUT2D eigenvalue weighted by molar-refractivity contribution is -0.131. The van der Waals surface area contributed by atoms with Crippen LogP contribution in [0.2, 0.25) is 0 Å². The van der Waals surface area contributed by atoms with E-state index in [1.807, 2.05) is 0 Å². The summed E-state index contributed by atoms with van der Waals surface area (Å²) in [7, 11) is 4.77. The van der Waals surface area contributed by atoms with Crippen molar-refractivity contribution in [1.82, 2.24) is 18.7 Å². The van der Waals surface area contributed by atoms with E-state index in [-0.39, 0.29) is 18.7 Å². The Hall–Kier alpha value is -3.82. The first-order valence-electron chi connectivity index (χ1n) is 9.16. The van der Waals surface area contributed by atoms with Crippen LogP contribution in [0.4, 0.5) is 0 Å². The molecule has 30 heavy (non-hydrogen) atoms. The lowest BCUT2D eigenvalue weighted by Gasteiger charge is -2.12. The molecule has 0 unspecified atom stereocenters. The molecule has 158 valence electrons. The van der Waals surface area contributed by atoms with Gasteiger partial charge >= 0.3 is 11.7 Å². The number of carboxylic acids is 1. The first kappa shape index (κ1) is 20.9. The minimum Gasteiger partial charge on any atom is -0.493 e. The van der Waals surface area contributed by atoms with Crippen molar-refractivity contribution in [2.24, 2.45) is 14.1 Å². The second kappa shape index (κ2) is 8.68. The van der Waals surface area contributed by atoms with E-state index in [9.17, 15) is 14.4 Å². The van der Waals surface area contributed by atoms with Gasteiger partial charge in [-0.2, -0.15) is 0 Å². The standard InChI is InChI=1S/C20H22N4O6/c1-22-12-21-18-17(22)19(27)24(20(28)23(18)2)9-4-10-30-14-7-5-13(6-8-16(25)26)11-15(14)29-3/h5-8,11-12H,4,9-10H2,1-3H3,(H,25,26)/b8-6+. The molecule has 2 aromatic heterocycles. The Morgan fingerprint density at radius 3 is 2.70 bits per heavy atom. The zero-order valence-electron chi connectivity index (χ0n) is 16.9. The highest BCUT2D eigenvalue weighted by molar-refractivity contribution is 5.85. The third kappa shape index (κ3) is 4.12. The van der Waals surface area contributed by atoms with Gasteiger partial charge in [0.1, 0.15) is 0 Å². The van der Waals surface area contributed by atoms with Crippen LogP contribution in [-0.4, -0.2) is 43.5 Å². The van der Waals surface area contributed by atoms with Crippen LogP contribution in [0.25, 0.3) is 17.2 Å². The second-order valence-electron chi connectivity index (χ2n) is 6.61. The summed E-state index contributed by atoms with van der Waals surface area (Å²) in [4.78, 5) is 39.9. The molecule has 0 saturated carbocycles. The van der Waals surface area contributed by atoms with Crippen LogP contribution >= 0.6 is 0 Å². The number of carbonyl (C=O) groups is 1. The fourth-order valence-corrected chi connectivity index (χ4v) is 3.07. The number of ether oxygens (including phenoxy) is 2. The summed E-state index contributed by atoms with van der Waals surface area (Å²) in [6.07, 6.45) is 4.40. The lowest BCUT2D eigenvalue weighted by atomic mass is 10.2. The van der Waals surface area contributed by atoms with E-state index >= 15 is 0 Å². The van der Waals surface area contributed by atoms with Crippen molar-refractivity contribution in [2.75, 3.05) is 13.7 Å². The number of aliphatic carboxylic acids is 1. The number of methoxy groups -OCH3 is 1. The molecular weight excluding hydrogens is 392 g/mol. The zero-order valence-corrected chi connectivity index (χ0v) is 16.9. The molecule has 3 aromatic rings. The number of aromatic nitrogens is 4. The number of carboxylic acid groups (broad SMARTS) is 1. The maximum Gasteiger partial charge on any atom is 0.332 e. The molecular formula is C20H22N4O6. The zero-order chi connectivity index (χ0) is 21.8. The van der Waals surface area contributed by atoms with Gasteiger partial charge in [0.25, 0.3) is 5.56 Å². The minimum absolute atomic E-state index is 0.189. The Morgan fingerprint density at radius 2 is 2.00 bits per heavy atom. The van der Waals surface area contributed by atoms with E-state index in [4.69, 9.17) is 14.6 Å². The predicted octanol–water partition coefficient (Wildman–Crippen LogP) is 1.01. The number of rotatable bonds is 8. The van der Waals surface area contributed by atoms with Crippen LogP contribution in [0.5, 0.6) is 11.5 Å². The smallest absolute Gasteiger partial charge is 0.332 e. The van der Waals surface area contributed by atoms with Crippen molar-refractivity contribution >= 4 is 23.2 Å². The van der Waals surface area contributed by atoms with Gasteiger partial charge in [0.05, 0.1) is 20.0 Å². The number of hydrogen-bond donors (Lipinski definition) is 1. The number of hydrogen-bond acceptors (Lipinski definition) is 6. The number of nitrogens with zero attached hydrogens (tertiary/aromatic N) is 4. The van der Waals surface area contributed by atoms with Crippen LogP contribution in [0.1, 0.15) is 12.0 Å². The van der Waals surface area contributed by atoms with Gasteiger partial charge in [0.2, 0.25) is 0 Å². The van der Waals surface area contributed by atoms with Gasteiger partial charge in [0, 0.05) is 26.7 Å². The summed E-state index contributed by atoms with van der Waals surface area (Å²) in [5.41, 5.74) is 0.547. The van der Waals surface area contributed by atoms with Crippen LogP contribution < -0.4 is 20.7 Å². The molecule has 1 aromatic carbocycles. The second-order valence-corrected chi connectivity index (χ2v) is 6.61. The number of imidazole rings is 1. The molecule has 0 radical (unpaired) electrons. The molecule has 0 spiro atoms. The molecule has 10 nitrogen and oxygen atoms in total. The Balaban J connectivity index is 1.71. The molecule has 0 saturated heterocycles. The van der Waals surface area contributed by atoms with E-state index in [1.165, 1.54) is 28.6 Å². The SMILES string of the molecule is COc1cc(/C=C/C(=O)O)ccc1OCCCn1c(=O)c2c(ncn2C)n(C)c1=O. The first-order chi connectivity index (χ1) is 14.3.